The maximum Gasteiger partial charge on any atom is 0.164 e. The average molecular weight is 744 g/mol. The van der Waals surface area contributed by atoms with Gasteiger partial charge in [0.1, 0.15) is 0 Å². The van der Waals surface area contributed by atoms with Crippen LogP contribution in [0, 0.1) is 0 Å². The third-order valence-electron chi connectivity index (χ3n) is 10.9. The Morgan fingerprint density at radius 3 is 1.46 bits per heavy atom. The molecule has 2 heterocycles. The molecule has 0 spiro atoms. The van der Waals surface area contributed by atoms with Crippen LogP contribution in [0.25, 0.3) is 109 Å². The average Bonchev–Trinajstić information content (AvgIpc) is 3.67. The standard InChI is InChI=1S/C53H33N3S/c1-4-15-34(16-5-1)37-21-14-22-39(31-37)52-54-51(36-19-8-3-9-20-36)55-53(56-52)47-33-49-50(45-26-13-12-25-44(45)47)46-28-27-38(32-48(46)57-49)41-30-29-40(35-17-6-2-7-18-35)42-23-10-11-24-43(41)42/h1-33H. The monoisotopic (exact) mass is 743 g/mol. The molecule has 0 radical (unpaired) electrons. The minimum Gasteiger partial charge on any atom is -0.208 e. The van der Waals surface area contributed by atoms with Gasteiger partial charge < -0.3 is 0 Å². The summed E-state index contributed by atoms with van der Waals surface area (Å²) in [5.74, 6) is 1.95. The number of aromatic nitrogens is 3. The van der Waals surface area contributed by atoms with Crippen molar-refractivity contribution in [3.63, 3.8) is 0 Å². The van der Waals surface area contributed by atoms with Crippen molar-refractivity contribution in [3.8, 4) is 67.5 Å². The Balaban J connectivity index is 1.09. The van der Waals surface area contributed by atoms with E-state index in [2.05, 4.69) is 176 Å². The summed E-state index contributed by atoms with van der Waals surface area (Å²) in [6.07, 6.45) is 0. The van der Waals surface area contributed by atoms with E-state index in [0.29, 0.717) is 17.5 Å². The van der Waals surface area contributed by atoms with Gasteiger partial charge in [-0.1, -0.05) is 182 Å². The molecule has 9 aromatic carbocycles. The fourth-order valence-electron chi connectivity index (χ4n) is 8.22. The maximum absolute atomic E-state index is 5.24. The molecule has 266 valence electrons. The van der Waals surface area contributed by atoms with E-state index in [-0.39, 0.29) is 0 Å². The highest BCUT2D eigenvalue weighted by Gasteiger charge is 2.19. The number of rotatable bonds is 6. The zero-order valence-electron chi connectivity index (χ0n) is 30.8. The van der Waals surface area contributed by atoms with E-state index in [1.807, 2.05) is 35.6 Å². The first-order valence-corrected chi connectivity index (χ1v) is 20.0. The van der Waals surface area contributed by atoms with E-state index in [1.165, 1.54) is 58.6 Å². The molecule has 0 aliphatic rings. The molecule has 11 rings (SSSR count). The fourth-order valence-corrected chi connectivity index (χ4v) is 9.42. The minimum atomic E-state index is 0.646. The van der Waals surface area contributed by atoms with Gasteiger partial charge in [-0.25, -0.2) is 15.0 Å². The molecular weight excluding hydrogens is 711 g/mol. The normalized spacial score (nSPS) is 11.5. The Hall–Kier alpha value is -7.27. The summed E-state index contributed by atoms with van der Waals surface area (Å²) in [6.45, 7) is 0. The van der Waals surface area contributed by atoms with Crippen molar-refractivity contribution in [3.05, 3.63) is 200 Å². The summed E-state index contributed by atoms with van der Waals surface area (Å²) >= 11 is 1.83. The first-order chi connectivity index (χ1) is 28.2. The Kier molecular flexibility index (Phi) is 8.01. The fraction of sp³-hybridized carbons (Fsp3) is 0. The first-order valence-electron chi connectivity index (χ1n) is 19.2. The molecule has 0 amide bonds. The highest BCUT2D eigenvalue weighted by atomic mass is 32.1. The van der Waals surface area contributed by atoms with Crippen LogP contribution in [0.15, 0.2) is 200 Å². The van der Waals surface area contributed by atoms with Crippen LogP contribution in [0.4, 0.5) is 0 Å². The quantitative estimate of drug-likeness (QED) is 0.170. The zero-order chi connectivity index (χ0) is 37.7. The molecule has 2 aromatic heterocycles. The number of hydrogen-bond acceptors (Lipinski definition) is 4. The maximum atomic E-state index is 5.24. The molecule has 0 unspecified atom stereocenters. The molecule has 0 bridgehead atoms. The lowest BCUT2D eigenvalue weighted by molar-refractivity contribution is 1.08. The van der Waals surface area contributed by atoms with Crippen molar-refractivity contribution in [2.45, 2.75) is 0 Å². The SMILES string of the molecule is c1ccc(-c2cccc(-c3nc(-c4ccccc4)nc(-c4cc5sc6cc(-c7ccc(-c8ccccc8)c8ccccc78)ccc6c5c5ccccc45)n3)c2)cc1. The number of benzene rings is 9. The number of fused-ring (bicyclic) bond motifs is 6. The van der Waals surface area contributed by atoms with E-state index >= 15 is 0 Å². The van der Waals surface area contributed by atoms with Crippen LogP contribution >= 0.6 is 11.3 Å². The van der Waals surface area contributed by atoms with Crippen molar-refractivity contribution >= 4 is 53.1 Å². The highest BCUT2D eigenvalue weighted by molar-refractivity contribution is 7.26. The molecule has 0 aliphatic carbocycles. The molecule has 0 N–H and O–H groups in total. The van der Waals surface area contributed by atoms with E-state index < -0.39 is 0 Å². The predicted octanol–water partition coefficient (Wildman–Crippen LogP) is 14.5. The summed E-state index contributed by atoms with van der Waals surface area (Å²) in [6, 6.07) is 71.0. The molecule has 0 atom stereocenters. The van der Waals surface area contributed by atoms with E-state index in [0.717, 1.165) is 33.2 Å². The lowest BCUT2D eigenvalue weighted by Crippen LogP contribution is -2.00. The Morgan fingerprint density at radius 1 is 0.263 bits per heavy atom. The molecule has 57 heavy (non-hydrogen) atoms. The predicted molar refractivity (Wildman–Crippen MR) is 240 cm³/mol. The lowest BCUT2D eigenvalue weighted by atomic mass is 9.91. The Labute approximate surface area is 334 Å². The zero-order valence-corrected chi connectivity index (χ0v) is 31.6. The third kappa shape index (κ3) is 5.86. The van der Waals surface area contributed by atoms with Gasteiger partial charge in [0, 0.05) is 36.9 Å². The van der Waals surface area contributed by atoms with Crippen molar-refractivity contribution in [2.24, 2.45) is 0 Å². The van der Waals surface area contributed by atoms with Crippen LogP contribution in [-0.2, 0) is 0 Å². The van der Waals surface area contributed by atoms with Gasteiger partial charge in [0.25, 0.3) is 0 Å². The van der Waals surface area contributed by atoms with Gasteiger partial charge in [0.05, 0.1) is 0 Å². The van der Waals surface area contributed by atoms with E-state index in [4.69, 9.17) is 15.0 Å². The Bertz CT molecular complexity index is 3280. The molecule has 0 fully saturated rings. The highest BCUT2D eigenvalue weighted by Crippen LogP contribution is 2.45. The van der Waals surface area contributed by atoms with Gasteiger partial charge in [0.2, 0.25) is 0 Å². The van der Waals surface area contributed by atoms with Crippen LogP contribution < -0.4 is 0 Å². The van der Waals surface area contributed by atoms with Crippen LogP contribution in [-0.4, -0.2) is 15.0 Å². The molecule has 0 aliphatic heterocycles. The number of nitrogens with zero attached hydrogens (tertiary/aromatic N) is 3. The van der Waals surface area contributed by atoms with Gasteiger partial charge in [-0.2, -0.15) is 0 Å². The summed E-state index contributed by atoms with van der Waals surface area (Å²) in [4.78, 5) is 15.5. The third-order valence-corrected chi connectivity index (χ3v) is 12.0. The number of hydrogen-bond donors (Lipinski definition) is 0. The van der Waals surface area contributed by atoms with E-state index in [1.54, 1.807) is 0 Å². The van der Waals surface area contributed by atoms with Crippen LogP contribution in [0.3, 0.4) is 0 Å². The van der Waals surface area contributed by atoms with Gasteiger partial charge >= 0.3 is 0 Å². The van der Waals surface area contributed by atoms with Crippen LogP contribution in [0.1, 0.15) is 0 Å². The van der Waals surface area contributed by atoms with Crippen molar-refractivity contribution in [2.75, 3.05) is 0 Å². The van der Waals surface area contributed by atoms with Crippen molar-refractivity contribution in [1.29, 1.82) is 0 Å². The second-order valence-electron chi connectivity index (χ2n) is 14.3. The molecule has 0 saturated heterocycles. The van der Waals surface area contributed by atoms with Crippen molar-refractivity contribution in [1.82, 2.24) is 15.0 Å². The summed E-state index contributed by atoms with van der Waals surface area (Å²) in [5, 5.41) is 7.33. The largest absolute Gasteiger partial charge is 0.208 e. The molecule has 3 nitrogen and oxygen atoms in total. The molecular formula is C53H33N3S. The Morgan fingerprint density at radius 2 is 0.772 bits per heavy atom. The van der Waals surface area contributed by atoms with Crippen molar-refractivity contribution < 1.29 is 0 Å². The molecule has 4 heteroatoms. The van der Waals surface area contributed by atoms with Gasteiger partial charge in [-0.3, -0.25) is 0 Å². The first kappa shape index (κ1) is 33.1. The van der Waals surface area contributed by atoms with Gasteiger partial charge in [-0.05, 0) is 73.1 Å². The summed E-state index contributed by atoms with van der Waals surface area (Å²) in [7, 11) is 0. The van der Waals surface area contributed by atoms with E-state index in [9.17, 15) is 0 Å². The summed E-state index contributed by atoms with van der Waals surface area (Å²) < 4.78 is 2.45. The summed E-state index contributed by atoms with van der Waals surface area (Å²) in [5.41, 5.74) is 10.1. The van der Waals surface area contributed by atoms with Crippen LogP contribution in [0.5, 0.6) is 0 Å². The molecule has 0 saturated carbocycles. The number of thiophene rings is 1. The smallest absolute Gasteiger partial charge is 0.164 e. The topological polar surface area (TPSA) is 38.7 Å². The lowest BCUT2D eigenvalue weighted by Gasteiger charge is -2.12. The molecule has 11 aromatic rings. The second kappa shape index (κ2) is 13.8. The second-order valence-corrected chi connectivity index (χ2v) is 15.4. The minimum absolute atomic E-state index is 0.646. The van der Waals surface area contributed by atoms with Crippen LogP contribution in [0.2, 0.25) is 0 Å². The van der Waals surface area contributed by atoms with Gasteiger partial charge in [-0.15, -0.1) is 11.3 Å². The van der Waals surface area contributed by atoms with Gasteiger partial charge in [0.15, 0.2) is 17.5 Å².